The van der Waals surface area contributed by atoms with Crippen LogP contribution in [0.25, 0.3) is 16.9 Å². The lowest BCUT2D eigenvalue weighted by atomic mass is 10.3. The molecule has 0 saturated heterocycles. The van der Waals surface area contributed by atoms with Crippen LogP contribution in [0.3, 0.4) is 0 Å². The van der Waals surface area contributed by atoms with Gasteiger partial charge in [0.15, 0.2) is 5.69 Å². The summed E-state index contributed by atoms with van der Waals surface area (Å²) in [6.45, 7) is 1.96. The summed E-state index contributed by atoms with van der Waals surface area (Å²) in [6, 6.07) is 11.4. The topological polar surface area (TPSA) is 64.2 Å². The summed E-state index contributed by atoms with van der Waals surface area (Å²) < 4.78 is 3.88. The second-order valence-electron chi connectivity index (χ2n) is 5.98. The minimum Gasteiger partial charge on any atom is -0.357 e. The number of nitrogens with zero attached hydrogens (tertiary/aromatic N) is 4. The number of pyridine rings is 2. The van der Waals surface area contributed by atoms with Gasteiger partial charge in [-0.05, 0) is 42.8 Å². The molecule has 4 rings (SSSR count). The number of fused-ring (bicyclic) bond motifs is 1. The van der Waals surface area contributed by atoms with Gasteiger partial charge in [-0.3, -0.25) is 9.20 Å². The number of aryl methyl sites for hydroxylation is 2. The molecule has 0 aliphatic carbocycles. The fourth-order valence-corrected chi connectivity index (χ4v) is 2.82. The van der Waals surface area contributed by atoms with Crippen molar-refractivity contribution < 1.29 is 4.79 Å². The number of aromatic nitrogens is 4. The fraction of sp³-hybridized carbons (Fsp3) is 0.105. The molecule has 0 spiro atoms. The Bertz CT molecular complexity index is 1080. The van der Waals surface area contributed by atoms with Crippen LogP contribution >= 0.6 is 0 Å². The van der Waals surface area contributed by atoms with Crippen molar-refractivity contribution in [2.24, 2.45) is 7.05 Å². The molecule has 6 nitrogen and oxygen atoms in total. The van der Waals surface area contributed by atoms with E-state index in [1.165, 1.54) is 0 Å². The van der Waals surface area contributed by atoms with E-state index in [4.69, 9.17) is 0 Å². The summed E-state index contributed by atoms with van der Waals surface area (Å²) in [6.07, 6.45) is 7.51. The van der Waals surface area contributed by atoms with E-state index >= 15 is 0 Å². The average molecular weight is 331 g/mol. The second-order valence-corrected chi connectivity index (χ2v) is 5.98. The third kappa shape index (κ3) is 2.78. The molecule has 1 amide bonds. The van der Waals surface area contributed by atoms with E-state index in [2.05, 4.69) is 15.3 Å². The first-order chi connectivity index (χ1) is 12.1. The Labute approximate surface area is 144 Å². The van der Waals surface area contributed by atoms with Crippen molar-refractivity contribution in [3.8, 4) is 11.4 Å². The van der Waals surface area contributed by atoms with E-state index in [1.807, 2.05) is 77.9 Å². The van der Waals surface area contributed by atoms with Crippen molar-refractivity contribution >= 4 is 17.2 Å². The molecule has 4 heterocycles. The smallest absolute Gasteiger partial charge is 0.277 e. The number of rotatable bonds is 3. The van der Waals surface area contributed by atoms with Gasteiger partial charge in [0, 0.05) is 37.4 Å². The number of anilines is 1. The Hall–Kier alpha value is -3.41. The van der Waals surface area contributed by atoms with Crippen molar-refractivity contribution in [1.29, 1.82) is 0 Å². The maximum absolute atomic E-state index is 12.8. The van der Waals surface area contributed by atoms with Crippen LogP contribution < -0.4 is 5.32 Å². The number of imidazole rings is 1. The molecule has 0 unspecified atom stereocenters. The van der Waals surface area contributed by atoms with Crippen molar-refractivity contribution in [2.45, 2.75) is 6.92 Å². The number of carbonyl (C=O) groups is 1. The number of hydrogen-bond donors (Lipinski definition) is 1. The standard InChI is InChI=1S/C19H17N5O/c1-13-6-8-20-16(11-13)21-19(25)17-15-5-3-4-9-24(15)18(22-17)14-7-10-23(2)12-14/h3-12H,1-2H3,(H,20,21,25). The van der Waals surface area contributed by atoms with E-state index < -0.39 is 0 Å². The van der Waals surface area contributed by atoms with Gasteiger partial charge in [-0.2, -0.15) is 0 Å². The van der Waals surface area contributed by atoms with E-state index in [0.717, 1.165) is 22.5 Å². The zero-order valence-electron chi connectivity index (χ0n) is 14.0. The Kier molecular flexibility index (Phi) is 3.57. The molecule has 1 N–H and O–H groups in total. The van der Waals surface area contributed by atoms with Gasteiger partial charge in [0.25, 0.3) is 5.91 Å². The lowest BCUT2D eigenvalue weighted by molar-refractivity contribution is 0.102. The maximum atomic E-state index is 12.8. The molecule has 0 aliphatic rings. The van der Waals surface area contributed by atoms with E-state index in [1.54, 1.807) is 6.20 Å². The molecule has 6 heteroatoms. The molecule has 0 atom stereocenters. The summed E-state index contributed by atoms with van der Waals surface area (Å²) in [7, 11) is 1.95. The monoisotopic (exact) mass is 331 g/mol. The normalized spacial score (nSPS) is 11.0. The van der Waals surface area contributed by atoms with Crippen LogP contribution in [0, 0.1) is 6.92 Å². The lowest BCUT2D eigenvalue weighted by Crippen LogP contribution is -2.14. The van der Waals surface area contributed by atoms with Gasteiger partial charge in [0.2, 0.25) is 0 Å². The lowest BCUT2D eigenvalue weighted by Gasteiger charge is -2.03. The largest absolute Gasteiger partial charge is 0.357 e. The van der Waals surface area contributed by atoms with Gasteiger partial charge >= 0.3 is 0 Å². The number of hydrogen-bond acceptors (Lipinski definition) is 3. The predicted octanol–water partition coefficient (Wildman–Crippen LogP) is 3.30. The minimum absolute atomic E-state index is 0.274. The average Bonchev–Trinajstić information content (AvgIpc) is 3.18. The Morgan fingerprint density at radius 3 is 2.80 bits per heavy atom. The van der Waals surface area contributed by atoms with E-state index in [9.17, 15) is 4.79 Å². The molecule has 0 bridgehead atoms. The third-order valence-corrected chi connectivity index (χ3v) is 4.01. The van der Waals surface area contributed by atoms with E-state index in [0.29, 0.717) is 11.5 Å². The molecule has 4 aromatic rings. The highest BCUT2D eigenvalue weighted by Crippen LogP contribution is 2.23. The van der Waals surface area contributed by atoms with E-state index in [-0.39, 0.29) is 5.91 Å². The van der Waals surface area contributed by atoms with Crippen molar-refractivity contribution in [1.82, 2.24) is 18.9 Å². The number of nitrogens with one attached hydrogen (secondary N) is 1. The minimum atomic E-state index is -0.274. The zero-order chi connectivity index (χ0) is 17.4. The molecular weight excluding hydrogens is 314 g/mol. The van der Waals surface area contributed by atoms with Crippen molar-refractivity contribution in [3.63, 3.8) is 0 Å². The first-order valence-electron chi connectivity index (χ1n) is 7.95. The fourth-order valence-electron chi connectivity index (χ4n) is 2.82. The second kappa shape index (κ2) is 5.90. The van der Waals surface area contributed by atoms with Gasteiger partial charge in [0.05, 0.1) is 5.52 Å². The zero-order valence-corrected chi connectivity index (χ0v) is 14.0. The maximum Gasteiger partial charge on any atom is 0.277 e. The highest BCUT2D eigenvalue weighted by molar-refractivity contribution is 6.07. The van der Waals surface area contributed by atoms with Gasteiger partial charge in [-0.1, -0.05) is 6.07 Å². The van der Waals surface area contributed by atoms with Crippen LogP contribution in [0.15, 0.2) is 61.2 Å². The number of carbonyl (C=O) groups excluding carboxylic acids is 1. The first-order valence-corrected chi connectivity index (χ1v) is 7.95. The highest BCUT2D eigenvalue weighted by Gasteiger charge is 2.19. The van der Waals surface area contributed by atoms with Crippen LogP contribution in [0.2, 0.25) is 0 Å². The molecule has 0 aliphatic heterocycles. The van der Waals surface area contributed by atoms with Crippen LogP contribution in [-0.4, -0.2) is 24.8 Å². The Morgan fingerprint density at radius 1 is 1.16 bits per heavy atom. The molecule has 0 saturated carbocycles. The first kappa shape index (κ1) is 15.1. The van der Waals surface area contributed by atoms with Crippen LogP contribution in [0.5, 0.6) is 0 Å². The summed E-state index contributed by atoms with van der Waals surface area (Å²) in [4.78, 5) is 21.5. The van der Waals surface area contributed by atoms with Crippen LogP contribution in [0.1, 0.15) is 16.1 Å². The van der Waals surface area contributed by atoms with Crippen LogP contribution in [0.4, 0.5) is 5.82 Å². The summed E-state index contributed by atoms with van der Waals surface area (Å²) in [5.41, 5.74) is 3.12. The summed E-state index contributed by atoms with van der Waals surface area (Å²) in [5, 5.41) is 2.83. The SMILES string of the molecule is Cc1ccnc(NC(=O)c2nc(-c3ccn(C)c3)n3ccccc23)c1. The summed E-state index contributed by atoms with van der Waals surface area (Å²) in [5.74, 6) is 0.978. The van der Waals surface area contributed by atoms with Crippen LogP contribution in [-0.2, 0) is 7.05 Å². The van der Waals surface area contributed by atoms with Gasteiger partial charge in [-0.15, -0.1) is 0 Å². The quantitative estimate of drug-likeness (QED) is 0.626. The number of amides is 1. The Morgan fingerprint density at radius 2 is 2.04 bits per heavy atom. The molecular formula is C19H17N5O. The summed E-state index contributed by atoms with van der Waals surface area (Å²) >= 11 is 0. The van der Waals surface area contributed by atoms with Gasteiger partial charge < -0.3 is 9.88 Å². The molecule has 0 aromatic carbocycles. The van der Waals surface area contributed by atoms with Crippen molar-refractivity contribution in [3.05, 3.63) is 72.4 Å². The molecule has 0 radical (unpaired) electrons. The van der Waals surface area contributed by atoms with Gasteiger partial charge in [-0.25, -0.2) is 9.97 Å². The van der Waals surface area contributed by atoms with Gasteiger partial charge in [0.1, 0.15) is 11.6 Å². The molecule has 0 fully saturated rings. The molecule has 4 aromatic heterocycles. The molecule has 124 valence electrons. The highest BCUT2D eigenvalue weighted by atomic mass is 16.2. The Balaban J connectivity index is 1.78. The van der Waals surface area contributed by atoms with Crippen molar-refractivity contribution in [2.75, 3.05) is 5.32 Å². The molecule has 25 heavy (non-hydrogen) atoms. The third-order valence-electron chi connectivity index (χ3n) is 4.01. The predicted molar refractivity (Wildman–Crippen MR) is 96.5 cm³/mol.